The number of rotatable bonds is 4. The molecule has 4 rings (SSSR count). The van der Waals surface area contributed by atoms with E-state index in [0.717, 1.165) is 48.6 Å². The molecule has 1 aliphatic carbocycles. The Morgan fingerprint density at radius 2 is 1.90 bits per heavy atom. The SMILES string of the molecule is Clc1cc2c(cc1[C@H](CC1CC1)N1CCNCC1)OCO2. The fourth-order valence-electron chi connectivity index (χ4n) is 3.32. The second kappa shape index (κ2) is 5.67. The van der Waals surface area contributed by atoms with Crippen LogP contribution in [0.5, 0.6) is 11.5 Å². The first kappa shape index (κ1) is 13.7. The van der Waals surface area contributed by atoms with Crippen LogP contribution in [0.2, 0.25) is 5.02 Å². The average Bonchev–Trinajstić information content (AvgIpc) is 3.22. The molecule has 2 heterocycles. The molecule has 0 aromatic heterocycles. The lowest BCUT2D eigenvalue weighted by Crippen LogP contribution is -2.45. The molecule has 0 amide bonds. The third kappa shape index (κ3) is 2.85. The Morgan fingerprint density at radius 1 is 1.19 bits per heavy atom. The smallest absolute Gasteiger partial charge is 0.231 e. The average molecular weight is 309 g/mol. The van der Waals surface area contributed by atoms with Gasteiger partial charge in [-0.25, -0.2) is 0 Å². The van der Waals surface area contributed by atoms with Crippen LogP contribution in [0.1, 0.15) is 30.9 Å². The van der Waals surface area contributed by atoms with Crippen LogP contribution in [0, 0.1) is 5.92 Å². The van der Waals surface area contributed by atoms with Gasteiger partial charge in [-0.2, -0.15) is 0 Å². The molecule has 1 N–H and O–H groups in total. The summed E-state index contributed by atoms with van der Waals surface area (Å²) >= 11 is 6.55. The van der Waals surface area contributed by atoms with E-state index in [4.69, 9.17) is 21.1 Å². The maximum atomic E-state index is 6.55. The van der Waals surface area contributed by atoms with E-state index in [1.54, 1.807) is 0 Å². The van der Waals surface area contributed by atoms with Crippen molar-refractivity contribution in [2.75, 3.05) is 33.0 Å². The molecule has 2 fully saturated rings. The summed E-state index contributed by atoms with van der Waals surface area (Å²) in [6, 6.07) is 4.42. The molecule has 0 spiro atoms. The van der Waals surface area contributed by atoms with Crippen LogP contribution >= 0.6 is 11.6 Å². The summed E-state index contributed by atoms with van der Waals surface area (Å²) in [7, 11) is 0. The summed E-state index contributed by atoms with van der Waals surface area (Å²) < 4.78 is 11.0. The van der Waals surface area contributed by atoms with Crippen molar-refractivity contribution in [1.82, 2.24) is 10.2 Å². The van der Waals surface area contributed by atoms with E-state index in [2.05, 4.69) is 16.3 Å². The van der Waals surface area contributed by atoms with Crippen LogP contribution in [-0.2, 0) is 0 Å². The number of nitrogens with zero attached hydrogens (tertiary/aromatic N) is 1. The van der Waals surface area contributed by atoms with Gasteiger partial charge in [0.1, 0.15) is 0 Å². The van der Waals surface area contributed by atoms with E-state index in [0.29, 0.717) is 12.8 Å². The molecule has 5 heteroatoms. The number of benzene rings is 1. The fraction of sp³-hybridized carbons (Fsp3) is 0.625. The van der Waals surface area contributed by atoms with E-state index in [9.17, 15) is 0 Å². The second-order valence-electron chi connectivity index (χ2n) is 6.21. The maximum absolute atomic E-state index is 6.55. The van der Waals surface area contributed by atoms with Crippen LogP contribution in [-0.4, -0.2) is 37.9 Å². The Morgan fingerprint density at radius 3 is 2.62 bits per heavy atom. The Kier molecular flexibility index (Phi) is 3.69. The number of nitrogens with one attached hydrogen (secondary N) is 1. The molecule has 1 saturated carbocycles. The quantitative estimate of drug-likeness (QED) is 0.927. The molecule has 3 aliphatic rings. The third-order valence-corrected chi connectivity index (χ3v) is 5.02. The van der Waals surface area contributed by atoms with Gasteiger partial charge in [0.05, 0.1) is 0 Å². The van der Waals surface area contributed by atoms with E-state index in [1.807, 2.05) is 6.07 Å². The van der Waals surface area contributed by atoms with Gasteiger partial charge in [-0.05, 0) is 24.0 Å². The van der Waals surface area contributed by atoms with Crippen LogP contribution in [0.3, 0.4) is 0 Å². The van der Waals surface area contributed by atoms with Gasteiger partial charge in [-0.3, -0.25) is 4.90 Å². The molecule has 1 saturated heterocycles. The second-order valence-corrected chi connectivity index (χ2v) is 6.62. The molecule has 2 aliphatic heterocycles. The molecule has 0 bridgehead atoms. The monoisotopic (exact) mass is 308 g/mol. The molecule has 114 valence electrons. The number of hydrogen-bond acceptors (Lipinski definition) is 4. The molecule has 1 atom stereocenters. The van der Waals surface area contributed by atoms with Crippen LogP contribution in [0.4, 0.5) is 0 Å². The van der Waals surface area contributed by atoms with Gasteiger partial charge < -0.3 is 14.8 Å². The highest BCUT2D eigenvalue weighted by atomic mass is 35.5. The van der Waals surface area contributed by atoms with E-state index in [-0.39, 0.29) is 0 Å². The van der Waals surface area contributed by atoms with Crippen LogP contribution in [0.15, 0.2) is 12.1 Å². The predicted molar refractivity (Wildman–Crippen MR) is 82.1 cm³/mol. The summed E-state index contributed by atoms with van der Waals surface area (Å²) in [4.78, 5) is 2.57. The van der Waals surface area contributed by atoms with Crippen molar-refractivity contribution in [3.8, 4) is 11.5 Å². The van der Waals surface area contributed by atoms with E-state index >= 15 is 0 Å². The minimum absolute atomic E-state index is 0.302. The van der Waals surface area contributed by atoms with Crippen molar-refractivity contribution < 1.29 is 9.47 Å². The molecule has 1 aromatic rings. The fourth-order valence-corrected chi connectivity index (χ4v) is 3.60. The van der Waals surface area contributed by atoms with E-state index in [1.165, 1.54) is 24.8 Å². The zero-order valence-electron chi connectivity index (χ0n) is 12.1. The lowest BCUT2D eigenvalue weighted by molar-refractivity contribution is 0.160. The Balaban J connectivity index is 1.65. The lowest BCUT2D eigenvalue weighted by atomic mass is 9.98. The van der Waals surface area contributed by atoms with Gasteiger partial charge in [0.15, 0.2) is 11.5 Å². The Bertz CT molecular complexity index is 527. The largest absolute Gasteiger partial charge is 0.454 e. The van der Waals surface area contributed by atoms with Gasteiger partial charge in [0.2, 0.25) is 6.79 Å². The van der Waals surface area contributed by atoms with Crippen molar-refractivity contribution >= 4 is 11.6 Å². The maximum Gasteiger partial charge on any atom is 0.231 e. The number of hydrogen-bond donors (Lipinski definition) is 1. The van der Waals surface area contributed by atoms with Gasteiger partial charge >= 0.3 is 0 Å². The normalized spacial score (nSPS) is 23.3. The first-order chi connectivity index (χ1) is 10.3. The van der Waals surface area contributed by atoms with Crippen molar-refractivity contribution in [1.29, 1.82) is 0 Å². The van der Waals surface area contributed by atoms with Gasteiger partial charge in [-0.1, -0.05) is 24.4 Å². The molecule has 0 radical (unpaired) electrons. The van der Waals surface area contributed by atoms with Gasteiger partial charge in [0.25, 0.3) is 0 Å². The van der Waals surface area contributed by atoms with Gasteiger partial charge in [-0.15, -0.1) is 0 Å². The predicted octanol–water partition coefficient (Wildman–Crippen LogP) is 2.82. The molecular formula is C16H21ClN2O2. The highest BCUT2D eigenvalue weighted by molar-refractivity contribution is 6.31. The van der Waals surface area contributed by atoms with Gasteiger partial charge in [0, 0.05) is 43.3 Å². The molecule has 0 unspecified atom stereocenters. The standard InChI is InChI=1S/C16H21ClN2O2/c17-13-9-16-15(20-10-21-16)8-12(13)14(7-11-1-2-11)19-5-3-18-4-6-19/h8-9,11,14,18H,1-7,10H2/t14-/m0/s1. The minimum Gasteiger partial charge on any atom is -0.454 e. The molecule has 21 heavy (non-hydrogen) atoms. The highest BCUT2D eigenvalue weighted by Gasteiger charge is 2.32. The summed E-state index contributed by atoms with van der Waals surface area (Å²) in [5.74, 6) is 2.48. The molecular weight excluding hydrogens is 288 g/mol. The first-order valence-corrected chi connectivity index (χ1v) is 8.23. The summed E-state index contributed by atoms with van der Waals surface area (Å²) in [5.41, 5.74) is 1.20. The lowest BCUT2D eigenvalue weighted by Gasteiger charge is -2.36. The summed E-state index contributed by atoms with van der Waals surface area (Å²) in [5, 5.41) is 4.24. The first-order valence-electron chi connectivity index (χ1n) is 7.85. The molecule has 1 aromatic carbocycles. The van der Waals surface area contributed by atoms with Crippen molar-refractivity contribution in [2.24, 2.45) is 5.92 Å². The Labute approximate surface area is 130 Å². The summed E-state index contributed by atoms with van der Waals surface area (Å²) in [6.07, 6.45) is 3.94. The number of piperazine rings is 1. The number of halogens is 1. The molecule has 4 nitrogen and oxygen atoms in total. The minimum atomic E-state index is 0.302. The van der Waals surface area contributed by atoms with E-state index < -0.39 is 0 Å². The van der Waals surface area contributed by atoms with Crippen molar-refractivity contribution in [3.05, 3.63) is 22.7 Å². The topological polar surface area (TPSA) is 33.7 Å². The highest BCUT2D eigenvalue weighted by Crippen LogP contribution is 2.45. The van der Waals surface area contributed by atoms with Crippen molar-refractivity contribution in [3.63, 3.8) is 0 Å². The number of ether oxygens (including phenoxy) is 2. The zero-order valence-corrected chi connectivity index (χ0v) is 12.9. The van der Waals surface area contributed by atoms with Crippen molar-refractivity contribution in [2.45, 2.75) is 25.3 Å². The third-order valence-electron chi connectivity index (χ3n) is 4.70. The zero-order chi connectivity index (χ0) is 14.2. The number of fused-ring (bicyclic) bond motifs is 1. The summed E-state index contributed by atoms with van der Waals surface area (Å²) in [6.45, 7) is 4.59. The Hall–Kier alpha value is -0.970. The van der Waals surface area contributed by atoms with Crippen LogP contribution in [0.25, 0.3) is 0 Å². The van der Waals surface area contributed by atoms with Crippen LogP contribution < -0.4 is 14.8 Å².